The van der Waals surface area contributed by atoms with Gasteiger partial charge in [-0.05, 0) is 127 Å². The van der Waals surface area contributed by atoms with Crippen LogP contribution in [0.15, 0.2) is 224 Å². The molecule has 0 atom stereocenters. The van der Waals surface area contributed by atoms with E-state index in [1.54, 1.807) is 0 Å². The Bertz CT molecular complexity index is 3080. The molecule has 0 spiro atoms. The molecule has 9 aromatic carbocycles. The van der Waals surface area contributed by atoms with Gasteiger partial charge in [-0.1, -0.05) is 214 Å². The van der Waals surface area contributed by atoms with Gasteiger partial charge in [0.05, 0.1) is 5.41 Å². The lowest BCUT2D eigenvalue weighted by atomic mass is 9.67. The topological polar surface area (TPSA) is 3.24 Å². The monoisotopic (exact) mass is 807 g/mol. The van der Waals surface area contributed by atoms with Crippen molar-refractivity contribution < 1.29 is 0 Å². The fraction of sp³-hybridized carbons (Fsp3) is 0.0968. The molecule has 0 amide bonds. The Labute approximate surface area is 372 Å². The van der Waals surface area contributed by atoms with Crippen LogP contribution in [0.4, 0.5) is 17.1 Å². The molecular formula is C62H49N. The zero-order valence-electron chi connectivity index (χ0n) is 35.9. The summed E-state index contributed by atoms with van der Waals surface area (Å²) in [5, 5.41) is 0. The van der Waals surface area contributed by atoms with Crippen molar-refractivity contribution in [1.82, 2.24) is 0 Å². The summed E-state index contributed by atoms with van der Waals surface area (Å²) in [7, 11) is 0. The highest BCUT2D eigenvalue weighted by Crippen LogP contribution is 2.58. The maximum absolute atomic E-state index is 2.48. The van der Waals surface area contributed by atoms with E-state index in [9.17, 15) is 0 Å². The first-order chi connectivity index (χ1) is 31.1. The number of fused-ring (bicyclic) bond motifs is 6. The maximum Gasteiger partial charge on any atom is 0.0713 e. The van der Waals surface area contributed by atoms with Crippen molar-refractivity contribution in [3.05, 3.63) is 269 Å². The molecule has 9 aromatic rings. The first kappa shape index (κ1) is 38.4. The van der Waals surface area contributed by atoms with E-state index in [2.05, 4.69) is 255 Å². The molecule has 63 heavy (non-hydrogen) atoms. The van der Waals surface area contributed by atoms with Gasteiger partial charge < -0.3 is 4.90 Å². The van der Waals surface area contributed by atoms with Crippen LogP contribution in [0.3, 0.4) is 0 Å². The zero-order valence-corrected chi connectivity index (χ0v) is 35.9. The lowest BCUT2D eigenvalue weighted by Crippen LogP contribution is -2.28. The van der Waals surface area contributed by atoms with Crippen molar-refractivity contribution in [3.63, 3.8) is 0 Å². The molecule has 1 nitrogen and oxygen atoms in total. The SMILES string of the molecule is CCC1(CC)c2cc(/C=C/c3cccc4c3-c3ccccc3C4(c3ccccc3)c3ccccc3)ccc2-c2ccc(N(c3ccccc3)c3cccc(-c4ccccc4)c3)cc21. The number of benzene rings is 9. The third-order valence-electron chi connectivity index (χ3n) is 14.0. The smallest absolute Gasteiger partial charge is 0.0713 e. The second-order valence-electron chi connectivity index (χ2n) is 17.0. The Morgan fingerprint density at radius 1 is 0.381 bits per heavy atom. The average molecular weight is 808 g/mol. The van der Waals surface area contributed by atoms with Crippen molar-refractivity contribution in [2.45, 2.75) is 37.5 Å². The van der Waals surface area contributed by atoms with E-state index in [-0.39, 0.29) is 5.41 Å². The van der Waals surface area contributed by atoms with Gasteiger partial charge >= 0.3 is 0 Å². The van der Waals surface area contributed by atoms with Crippen LogP contribution in [0.25, 0.3) is 45.5 Å². The van der Waals surface area contributed by atoms with Crippen LogP contribution in [0.5, 0.6) is 0 Å². The molecule has 0 bridgehead atoms. The third kappa shape index (κ3) is 6.14. The van der Waals surface area contributed by atoms with E-state index >= 15 is 0 Å². The quantitative estimate of drug-likeness (QED) is 0.124. The molecule has 0 heterocycles. The lowest BCUT2D eigenvalue weighted by Gasteiger charge is -2.33. The summed E-state index contributed by atoms with van der Waals surface area (Å²) in [6.07, 6.45) is 6.72. The Kier molecular flexibility index (Phi) is 9.62. The third-order valence-corrected chi connectivity index (χ3v) is 14.0. The number of hydrogen-bond donors (Lipinski definition) is 0. The molecule has 2 aliphatic rings. The molecule has 0 N–H and O–H groups in total. The van der Waals surface area contributed by atoms with Gasteiger partial charge in [0.1, 0.15) is 0 Å². The van der Waals surface area contributed by atoms with Crippen LogP contribution >= 0.6 is 0 Å². The van der Waals surface area contributed by atoms with Crippen LogP contribution in [0, 0.1) is 0 Å². The van der Waals surface area contributed by atoms with Gasteiger partial charge in [-0.3, -0.25) is 0 Å². The summed E-state index contributed by atoms with van der Waals surface area (Å²) in [5.74, 6) is 0. The van der Waals surface area contributed by atoms with Crippen LogP contribution in [-0.2, 0) is 10.8 Å². The summed E-state index contributed by atoms with van der Waals surface area (Å²) in [6.45, 7) is 4.73. The van der Waals surface area contributed by atoms with Crippen LogP contribution in [0.2, 0.25) is 0 Å². The van der Waals surface area contributed by atoms with E-state index in [4.69, 9.17) is 0 Å². The number of nitrogens with zero attached hydrogens (tertiary/aromatic N) is 1. The van der Waals surface area contributed by atoms with Gasteiger partial charge in [-0.15, -0.1) is 0 Å². The van der Waals surface area contributed by atoms with Crippen LogP contribution in [-0.4, -0.2) is 0 Å². The van der Waals surface area contributed by atoms with E-state index < -0.39 is 5.41 Å². The van der Waals surface area contributed by atoms with E-state index in [1.807, 2.05) is 0 Å². The molecule has 0 radical (unpaired) electrons. The minimum absolute atomic E-state index is 0.114. The molecule has 11 rings (SSSR count). The maximum atomic E-state index is 2.48. The first-order valence-electron chi connectivity index (χ1n) is 22.5. The minimum atomic E-state index is -0.418. The molecule has 2 aliphatic carbocycles. The molecule has 0 fully saturated rings. The Hall–Kier alpha value is -7.48. The number of rotatable bonds is 10. The van der Waals surface area contributed by atoms with Gasteiger partial charge in [0, 0.05) is 22.5 Å². The predicted molar refractivity (Wildman–Crippen MR) is 266 cm³/mol. The van der Waals surface area contributed by atoms with Gasteiger partial charge in [0.15, 0.2) is 0 Å². The Balaban J connectivity index is 0.998. The molecule has 0 aliphatic heterocycles. The summed E-state index contributed by atoms with van der Waals surface area (Å²) in [4.78, 5) is 2.42. The Morgan fingerprint density at radius 2 is 0.921 bits per heavy atom. The summed E-state index contributed by atoms with van der Waals surface area (Å²) in [5.41, 5.74) is 21.2. The van der Waals surface area contributed by atoms with Gasteiger partial charge in [0.2, 0.25) is 0 Å². The normalized spacial score (nSPS) is 13.9. The molecule has 0 unspecified atom stereocenters. The fourth-order valence-corrected chi connectivity index (χ4v) is 11.1. The van der Waals surface area contributed by atoms with Crippen molar-refractivity contribution in [1.29, 1.82) is 0 Å². The van der Waals surface area contributed by atoms with Gasteiger partial charge in [0.25, 0.3) is 0 Å². The first-order valence-corrected chi connectivity index (χ1v) is 22.5. The highest BCUT2D eigenvalue weighted by Gasteiger charge is 2.46. The molecule has 0 aromatic heterocycles. The fourth-order valence-electron chi connectivity index (χ4n) is 11.1. The summed E-state index contributed by atoms with van der Waals surface area (Å²) >= 11 is 0. The van der Waals surface area contributed by atoms with E-state index in [0.29, 0.717) is 0 Å². The van der Waals surface area contributed by atoms with Crippen molar-refractivity contribution in [2.24, 2.45) is 0 Å². The second kappa shape index (κ2) is 15.8. The second-order valence-corrected chi connectivity index (χ2v) is 17.0. The highest BCUT2D eigenvalue weighted by atomic mass is 15.1. The van der Waals surface area contributed by atoms with Crippen LogP contribution < -0.4 is 4.90 Å². The summed E-state index contributed by atoms with van der Waals surface area (Å²) in [6, 6.07) is 82.8. The van der Waals surface area contributed by atoms with E-state index in [0.717, 1.165) is 24.2 Å². The Morgan fingerprint density at radius 3 is 1.62 bits per heavy atom. The van der Waals surface area contributed by atoms with E-state index in [1.165, 1.54) is 83.6 Å². The van der Waals surface area contributed by atoms with Crippen LogP contribution in [0.1, 0.15) is 71.2 Å². The van der Waals surface area contributed by atoms with Gasteiger partial charge in [-0.25, -0.2) is 0 Å². The molecule has 302 valence electrons. The summed E-state index contributed by atoms with van der Waals surface area (Å²) < 4.78 is 0. The average Bonchev–Trinajstić information content (AvgIpc) is 3.82. The van der Waals surface area contributed by atoms with Crippen molar-refractivity contribution in [2.75, 3.05) is 4.90 Å². The number of anilines is 3. The molecule has 0 saturated carbocycles. The van der Waals surface area contributed by atoms with Gasteiger partial charge in [-0.2, -0.15) is 0 Å². The largest absolute Gasteiger partial charge is 0.310 e. The predicted octanol–water partition coefficient (Wildman–Crippen LogP) is 16.4. The standard InChI is InChI=1S/C62H49N/c1-3-61(4-2)58-41-44(35-37-46-23-20-34-57-60(46)55-32-17-18-33-56(55)62(57,48-25-11-6-12-26-48)49-27-13-7-14-28-49)36-39-53(58)54-40-38-52(43-59(54)61)63(50-29-15-8-16-30-50)51-31-19-24-47(42-51)45-21-9-5-10-22-45/h5-43H,3-4H2,1-2H3/b37-35+. The van der Waals surface area contributed by atoms with Crippen molar-refractivity contribution in [3.8, 4) is 33.4 Å². The van der Waals surface area contributed by atoms with Crippen molar-refractivity contribution >= 4 is 29.2 Å². The highest BCUT2D eigenvalue weighted by molar-refractivity contribution is 5.93. The molecular weight excluding hydrogens is 759 g/mol. The molecule has 0 saturated heterocycles. The zero-order chi connectivity index (χ0) is 42.4. The molecule has 1 heteroatoms. The number of hydrogen-bond acceptors (Lipinski definition) is 1. The minimum Gasteiger partial charge on any atom is -0.310 e. The lowest BCUT2D eigenvalue weighted by molar-refractivity contribution is 0.490. The number of para-hydroxylation sites is 1.